The largest absolute Gasteiger partial charge is 0.491 e. The lowest BCUT2D eigenvalue weighted by atomic mass is 10.2. The van der Waals surface area contributed by atoms with Crippen LogP contribution >= 0.6 is 0 Å². The molecule has 1 N–H and O–H groups in total. The Morgan fingerprint density at radius 2 is 1.71 bits per heavy atom. The highest BCUT2D eigenvalue weighted by atomic mass is 16.6. The van der Waals surface area contributed by atoms with E-state index >= 15 is 0 Å². The summed E-state index contributed by atoms with van der Waals surface area (Å²) in [5.74, 6) is 3.82. The summed E-state index contributed by atoms with van der Waals surface area (Å²) in [7, 11) is 0. The van der Waals surface area contributed by atoms with Gasteiger partial charge < -0.3 is 24.3 Å². The molecule has 0 bridgehead atoms. The Kier molecular flexibility index (Phi) is 8.52. The molecule has 6 nitrogen and oxygen atoms in total. The van der Waals surface area contributed by atoms with Crippen LogP contribution < -0.4 is 14.8 Å². The lowest BCUT2D eigenvalue weighted by Gasteiger charge is -2.19. The fourth-order valence-corrected chi connectivity index (χ4v) is 1.62. The first-order chi connectivity index (χ1) is 11.4. The summed E-state index contributed by atoms with van der Waals surface area (Å²) >= 11 is 0. The Bertz CT molecular complexity index is 528. The van der Waals surface area contributed by atoms with E-state index in [2.05, 4.69) is 11.2 Å². The lowest BCUT2D eigenvalue weighted by molar-refractivity contribution is 0.0489. The molecule has 0 aliphatic rings. The van der Waals surface area contributed by atoms with Crippen molar-refractivity contribution in [2.24, 2.45) is 0 Å². The molecule has 0 aliphatic heterocycles. The van der Waals surface area contributed by atoms with Crippen molar-refractivity contribution in [2.45, 2.75) is 26.4 Å². The molecule has 6 heteroatoms. The third-order valence-electron chi connectivity index (χ3n) is 2.56. The van der Waals surface area contributed by atoms with Crippen LogP contribution in [-0.2, 0) is 9.47 Å². The Hall–Kier alpha value is -2.39. The number of amides is 1. The lowest BCUT2D eigenvalue weighted by Crippen LogP contribution is -2.34. The van der Waals surface area contributed by atoms with Gasteiger partial charge in [-0.25, -0.2) is 4.79 Å². The van der Waals surface area contributed by atoms with Gasteiger partial charge in [-0.1, -0.05) is 5.92 Å². The standard InChI is InChI=1S/C18H25NO5/c1-5-11-22-15-6-8-16(9-7-15)23-14-13-21-12-10-19-17(20)24-18(2,3)4/h1,6-9H,10-14H2,2-4H3,(H,19,20). The van der Waals surface area contributed by atoms with Crippen molar-refractivity contribution in [2.75, 3.05) is 33.0 Å². The molecule has 1 amide bonds. The maximum atomic E-state index is 11.4. The molecule has 1 rings (SSSR count). The monoisotopic (exact) mass is 335 g/mol. The van der Waals surface area contributed by atoms with E-state index < -0.39 is 11.7 Å². The fourth-order valence-electron chi connectivity index (χ4n) is 1.62. The number of nitrogens with one attached hydrogen (secondary N) is 1. The first-order valence-electron chi connectivity index (χ1n) is 7.74. The second-order valence-electron chi connectivity index (χ2n) is 5.85. The number of rotatable bonds is 9. The number of hydrogen-bond acceptors (Lipinski definition) is 5. The number of hydrogen-bond donors (Lipinski definition) is 1. The molecular formula is C18H25NO5. The van der Waals surface area contributed by atoms with Crippen LogP contribution in [0, 0.1) is 12.3 Å². The van der Waals surface area contributed by atoms with E-state index in [1.54, 1.807) is 24.3 Å². The van der Waals surface area contributed by atoms with E-state index in [0.29, 0.717) is 32.1 Å². The molecule has 1 aromatic carbocycles. The van der Waals surface area contributed by atoms with Gasteiger partial charge in [-0.2, -0.15) is 0 Å². The number of carbonyl (C=O) groups is 1. The number of carbonyl (C=O) groups excluding carboxylic acids is 1. The summed E-state index contributed by atoms with van der Waals surface area (Å²) in [4.78, 5) is 11.4. The van der Waals surface area contributed by atoms with Crippen molar-refractivity contribution in [1.29, 1.82) is 0 Å². The topological polar surface area (TPSA) is 66.0 Å². The summed E-state index contributed by atoms with van der Waals surface area (Å²) in [6.45, 7) is 7.29. The first-order valence-corrected chi connectivity index (χ1v) is 7.74. The van der Waals surface area contributed by atoms with Crippen LogP contribution in [0.4, 0.5) is 4.79 Å². The molecule has 0 radical (unpaired) electrons. The van der Waals surface area contributed by atoms with Crippen molar-refractivity contribution in [3.8, 4) is 23.8 Å². The Morgan fingerprint density at radius 1 is 1.08 bits per heavy atom. The van der Waals surface area contributed by atoms with Gasteiger partial charge >= 0.3 is 6.09 Å². The fraction of sp³-hybridized carbons (Fsp3) is 0.500. The third kappa shape index (κ3) is 9.59. The average Bonchev–Trinajstić information content (AvgIpc) is 2.51. The number of alkyl carbamates (subject to hydrolysis) is 1. The molecule has 0 atom stereocenters. The van der Waals surface area contributed by atoms with Crippen molar-refractivity contribution in [1.82, 2.24) is 5.32 Å². The number of ether oxygens (including phenoxy) is 4. The molecule has 0 aromatic heterocycles. The summed E-state index contributed by atoms with van der Waals surface area (Å²) in [5, 5.41) is 2.62. The zero-order valence-corrected chi connectivity index (χ0v) is 14.5. The molecule has 132 valence electrons. The molecule has 0 saturated carbocycles. The van der Waals surface area contributed by atoms with Crippen LogP contribution in [0.3, 0.4) is 0 Å². The van der Waals surface area contributed by atoms with Crippen LogP contribution in [0.2, 0.25) is 0 Å². The van der Waals surface area contributed by atoms with Crippen LogP contribution in [0.1, 0.15) is 20.8 Å². The van der Waals surface area contributed by atoms with E-state index in [9.17, 15) is 4.79 Å². The Morgan fingerprint density at radius 3 is 2.29 bits per heavy atom. The second-order valence-corrected chi connectivity index (χ2v) is 5.85. The summed E-state index contributed by atoms with van der Waals surface area (Å²) in [6, 6.07) is 7.18. The van der Waals surface area contributed by atoms with Gasteiger partial charge in [0, 0.05) is 6.54 Å². The van der Waals surface area contributed by atoms with E-state index in [4.69, 9.17) is 25.4 Å². The van der Waals surface area contributed by atoms with Crippen molar-refractivity contribution >= 4 is 6.09 Å². The van der Waals surface area contributed by atoms with Gasteiger partial charge in [0.1, 0.15) is 30.3 Å². The molecule has 0 saturated heterocycles. The number of terminal acetylenes is 1. The van der Waals surface area contributed by atoms with E-state index in [1.807, 2.05) is 20.8 Å². The molecule has 0 unspecified atom stereocenters. The van der Waals surface area contributed by atoms with Gasteiger partial charge in [-0.15, -0.1) is 6.42 Å². The van der Waals surface area contributed by atoms with Gasteiger partial charge in [0.05, 0.1) is 13.2 Å². The highest BCUT2D eigenvalue weighted by molar-refractivity contribution is 5.67. The molecule has 1 aromatic rings. The minimum Gasteiger partial charge on any atom is -0.491 e. The zero-order chi connectivity index (χ0) is 17.8. The van der Waals surface area contributed by atoms with Gasteiger partial charge in [-0.05, 0) is 45.0 Å². The zero-order valence-electron chi connectivity index (χ0n) is 14.5. The summed E-state index contributed by atoms with van der Waals surface area (Å²) < 4.78 is 21.3. The van der Waals surface area contributed by atoms with E-state index in [-0.39, 0.29) is 6.61 Å². The smallest absolute Gasteiger partial charge is 0.407 e. The first kappa shape index (κ1) is 19.7. The molecule has 24 heavy (non-hydrogen) atoms. The minimum absolute atomic E-state index is 0.241. The minimum atomic E-state index is -0.500. The second kappa shape index (κ2) is 10.4. The molecular weight excluding hydrogens is 310 g/mol. The number of benzene rings is 1. The highest BCUT2D eigenvalue weighted by Gasteiger charge is 2.15. The van der Waals surface area contributed by atoms with Gasteiger partial charge in [-0.3, -0.25) is 0 Å². The Labute approximate surface area is 143 Å². The predicted molar refractivity (Wildman–Crippen MR) is 91.3 cm³/mol. The van der Waals surface area contributed by atoms with Gasteiger partial charge in [0.15, 0.2) is 0 Å². The van der Waals surface area contributed by atoms with E-state index in [1.165, 1.54) is 0 Å². The molecule has 0 heterocycles. The molecule has 0 spiro atoms. The maximum absolute atomic E-state index is 11.4. The van der Waals surface area contributed by atoms with Crippen molar-refractivity contribution in [3.63, 3.8) is 0 Å². The summed E-state index contributed by atoms with van der Waals surface area (Å²) in [6.07, 6.45) is 4.67. The summed E-state index contributed by atoms with van der Waals surface area (Å²) in [5.41, 5.74) is -0.500. The van der Waals surface area contributed by atoms with Crippen LogP contribution in [0.5, 0.6) is 11.5 Å². The highest BCUT2D eigenvalue weighted by Crippen LogP contribution is 2.17. The maximum Gasteiger partial charge on any atom is 0.407 e. The van der Waals surface area contributed by atoms with Crippen molar-refractivity contribution in [3.05, 3.63) is 24.3 Å². The van der Waals surface area contributed by atoms with Crippen LogP contribution in [0.15, 0.2) is 24.3 Å². The quantitative estimate of drug-likeness (QED) is 0.555. The van der Waals surface area contributed by atoms with E-state index in [0.717, 1.165) is 5.75 Å². The Balaban J connectivity index is 2.06. The van der Waals surface area contributed by atoms with Gasteiger partial charge in [0.2, 0.25) is 0 Å². The predicted octanol–water partition coefficient (Wildman–Crippen LogP) is 2.62. The third-order valence-corrected chi connectivity index (χ3v) is 2.56. The molecule has 0 fully saturated rings. The average molecular weight is 335 g/mol. The normalized spacial score (nSPS) is 10.6. The van der Waals surface area contributed by atoms with Crippen LogP contribution in [0.25, 0.3) is 0 Å². The van der Waals surface area contributed by atoms with Gasteiger partial charge in [0.25, 0.3) is 0 Å². The van der Waals surface area contributed by atoms with Crippen molar-refractivity contribution < 1.29 is 23.7 Å². The van der Waals surface area contributed by atoms with Crippen LogP contribution in [-0.4, -0.2) is 44.7 Å². The SMILES string of the molecule is C#CCOc1ccc(OCCOCCNC(=O)OC(C)(C)C)cc1. The molecule has 0 aliphatic carbocycles.